The van der Waals surface area contributed by atoms with Crippen molar-refractivity contribution in [1.82, 2.24) is 5.32 Å². The molecule has 0 fully saturated rings. The lowest BCUT2D eigenvalue weighted by atomic mass is 9.68. The standard InChI is InChI=1S/C25H32BrNO5/c1-6-7-8-9-32-24(30)20-14(2)27-17-12-25(3,4)13-18(28)22(17)21(20)15-10-16(26)23(29)19(11-15)31-5/h10-11,21,27,29H,6-9,12-13H2,1-5H3/t21-/m1/s1. The van der Waals surface area contributed by atoms with E-state index < -0.39 is 11.9 Å². The summed E-state index contributed by atoms with van der Waals surface area (Å²) in [7, 11) is 1.47. The number of allylic oxidation sites excluding steroid dienone is 3. The van der Waals surface area contributed by atoms with Gasteiger partial charge in [0.25, 0.3) is 0 Å². The Hall–Kier alpha value is -2.28. The molecular formula is C25H32BrNO5. The fourth-order valence-corrected chi connectivity index (χ4v) is 5.01. The molecule has 1 aromatic carbocycles. The number of phenols is 1. The molecule has 6 nitrogen and oxygen atoms in total. The monoisotopic (exact) mass is 505 g/mol. The molecule has 0 bridgehead atoms. The molecule has 0 unspecified atom stereocenters. The highest BCUT2D eigenvalue weighted by Gasteiger charge is 2.43. The summed E-state index contributed by atoms with van der Waals surface area (Å²) in [4.78, 5) is 26.6. The normalized spacial score (nSPS) is 20.1. The lowest BCUT2D eigenvalue weighted by Crippen LogP contribution is -2.38. The maximum absolute atomic E-state index is 13.3. The number of nitrogens with one attached hydrogen (secondary N) is 1. The van der Waals surface area contributed by atoms with E-state index in [-0.39, 0.29) is 22.7 Å². The van der Waals surface area contributed by atoms with Crippen LogP contribution in [-0.4, -0.2) is 30.6 Å². The molecule has 174 valence electrons. The number of dihydropyridines is 1. The van der Waals surface area contributed by atoms with Gasteiger partial charge in [-0.05, 0) is 58.8 Å². The first-order valence-corrected chi connectivity index (χ1v) is 11.9. The van der Waals surface area contributed by atoms with E-state index in [1.54, 1.807) is 12.1 Å². The van der Waals surface area contributed by atoms with Crippen molar-refractivity contribution in [2.24, 2.45) is 5.41 Å². The maximum Gasteiger partial charge on any atom is 0.336 e. The summed E-state index contributed by atoms with van der Waals surface area (Å²) in [6, 6.07) is 3.43. The van der Waals surface area contributed by atoms with E-state index in [0.29, 0.717) is 46.3 Å². The summed E-state index contributed by atoms with van der Waals surface area (Å²) in [6.45, 7) is 8.42. The second-order valence-electron chi connectivity index (χ2n) is 9.33. The number of esters is 1. The van der Waals surface area contributed by atoms with Crippen molar-refractivity contribution in [3.63, 3.8) is 0 Å². The molecule has 2 aliphatic rings. The highest BCUT2D eigenvalue weighted by molar-refractivity contribution is 9.10. The van der Waals surface area contributed by atoms with Gasteiger partial charge in [-0.1, -0.05) is 33.6 Å². The van der Waals surface area contributed by atoms with Crippen LogP contribution in [0.2, 0.25) is 0 Å². The Kier molecular flexibility index (Phi) is 7.38. The number of aromatic hydroxyl groups is 1. The molecular weight excluding hydrogens is 474 g/mol. The van der Waals surface area contributed by atoms with Crippen molar-refractivity contribution in [3.8, 4) is 11.5 Å². The number of carbonyl (C=O) groups is 2. The molecule has 1 aliphatic heterocycles. The third-order valence-electron chi connectivity index (χ3n) is 6.04. The van der Waals surface area contributed by atoms with Gasteiger partial charge in [-0.3, -0.25) is 4.79 Å². The number of hydrogen-bond acceptors (Lipinski definition) is 6. The Bertz CT molecular complexity index is 992. The van der Waals surface area contributed by atoms with Crippen molar-refractivity contribution in [2.75, 3.05) is 13.7 Å². The Morgan fingerprint density at radius 2 is 2.00 bits per heavy atom. The van der Waals surface area contributed by atoms with Crippen LogP contribution in [0.25, 0.3) is 0 Å². The minimum Gasteiger partial charge on any atom is -0.503 e. The van der Waals surface area contributed by atoms with Crippen LogP contribution in [-0.2, 0) is 14.3 Å². The smallest absolute Gasteiger partial charge is 0.336 e. The van der Waals surface area contributed by atoms with E-state index in [0.717, 1.165) is 25.0 Å². The summed E-state index contributed by atoms with van der Waals surface area (Å²) >= 11 is 3.38. The molecule has 1 heterocycles. The van der Waals surface area contributed by atoms with Gasteiger partial charge in [-0.25, -0.2) is 4.79 Å². The average molecular weight is 506 g/mol. The zero-order valence-corrected chi connectivity index (χ0v) is 21.0. The van der Waals surface area contributed by atoms with Crippen LogP contribution in [0.4, 0.5) is 0 Å². The molecule has 7 heteroatoms. The molecule has 1 aromatic rings. The number of methoxy groups -OCH3 is 1. The molecule has 0 aromatic heterocycles. The van der Waals surface area contributed by atoms with Gasteiger partial charge in [0.1, 0.15) is 0 Å². The van der Waals surface area contributed by atoms with Gasteiger partial charge in [-0.15, -0.1) is 0 Å². The van der Waals surface area contributed by atoms with E-state index in [1.165, 1.54) is 7.11 Å². The van der Waals surface area contributed by atoms with Crippen LogP contribution in [0.3, 0.4) is 0 Å². The summed E-state index contributed by atoms with van der Waals surface area (Å²) in [5.41, 5.74) is 3.07. The predicted molar refractivity (Wildman–Crippen MR) is 126 cm³/mol. The molecule has 0 radical (unpaired) electrons. The zero-order chi connectivity index (χ0) is 23.6. The van der Waals surface area contributed by atoms with Gasteiger partial charge in [-0.2, -0.15) is 0 Å². The third-order valence-corrected chi connectivity index (χ3v) is 6.65. The van der Waals surface area contributed by atoms with Crippen molar-refractivity contribution in [2.45, 2.75) is 65.7 Å². The first-order valence-electron chi connectivity index (χ1n) is 11.1. The minimum absolute atomic E-state index is 0.0145. The number of halogens is 1. The minimum atomic E-state index is -0.598. The summed E-state index contributed by atoms with van der Waals surface area (Å²) in [5.74, 6) is -0.768. The lowest BCUT2D eigenvalue weighted by Gasteiger charge is -2.39. The number of ether oxygens (including phenoxy) is 2. The van der Waals surface area contributed by atoms with Crippen LogP contribution in [0, 0.1) is 5.41 Å². The molecule has 0 spiro atoms. The Labute approximate surface area is 198 Å². The number of ketones is 1. The van der Waals surface area contributed by atoms with Crippen molar-refractivity contribution < 1.29 is 24.2 Å². The van der Waals surface area contributed by atoms with E-state index in [9.17, 15) is 14.7 Å². The molecule has 1 aliphatic carbocycles. The number of phenolic OH excluding ortho intramolecular Hbond substituents is 1. The Morgan fingerprint density at radius 1 is 1.28 bits per heavy atom. The van der Waals surface area contributed by atoms with Crippen LogP contribution in [0.15, 0.2) is 39.1 Å². The number of benzene rings is 1. The van der Waals surface area contributed by atoms with Gasteiger partial charge in [0.15, 0.2) is 17.3 Å². The van der Waals surface area contributed by atoms with E-state index in [1.807, 2.05) is 6.92 Å². The molecule has 1 atom stereocenters. The summed E-state index contributed by atoms with van der Waals surface area (Å²) in [6.07, 6.45) is 3.92. The largest absolute Gasteiger partial charge is 0.503 e. The molecule has 32 heavy (non-hydrogen) atoms. The lowest BCUT2D eigenvalue weighted by molar-refractivity contribution is -0.139. The highest BCUT2D eigenvalue weighted by atomic mass is 79.9. The van der Waals surface area contributed by atoms with Gasteiger partial charge >= 0.3 is 5.97 Å². The number of unbranched alkanes of at least 4 members (excludes halogenated alkanes) is 2. The molecule has 3 rings (SSSR count). The van der Waals surface area contributed by atoms with Gasteiger partial charge < -0.3 is 19.9 Å². The number of rotatable bonds is 7. The molecule has 0 amide bonds. The van der Waals surface area contributed by atoms with Crippen LogP contribution in [0.1, 0.15) is 71.3 Å². The Balaban J connectivity index is 2.12. The van der Waals surface area contributed by atoms with Gasteiger partial charge in [0.05, 0.1) is 23.8 Å². The fourth-order valence-electron chi connectivity index (χ4n) is 4.55. The van der Waals surface area contributed by atoms with Crippen LogP contribution >= 0.6 is 15.9 Å². The quantitative estimate of drug-likeness (QED) is 0.375. The highest BCUT2D eigenvalue weighted by Crippen LogP contribution is 2.49. The second kappa shape index (κ2) is 9.69. The first kappa shape index (κ1) is 24.4. The Morgan fingerprint density at radius 3 is 2.66 bits per heavy atom. The third kappa shape index (κ3) is 4.87. The zero-order valence-electron chi connectivity index (χ0n) is 19.4. The van der Waals surface area contributed by atoms with Crippen molar-refractivity contribution in [1.29, 1.82) is 0 Å². The molecule has 0 saturated carbocycles. The van der Waals surface area contributed by atoms with Crippen molar-refractivity contribution in [3.05, 3.63) is 44.7 Å². The van der Waals surface area contributed by atoms with Gasteiger partial charge in [0, 0.05) is 29.3 Å². The average Bonchev–Trinajstić information content (AvgIpc) is 2.71. The second-order valence-corrected chi connectivity index (χ2v) is 10.2. The van der Waals surface area contributed by atoms with E-state index >= 15 is 0 Å². The number of hydrogen-bond donors (Lipinski definition) is 2. The van der Waals surface area contributed by atoms with Gasteiger partial charge in [0.2, 0.25) is 0 Å². The van der Waals surface area contributed by atoms with E-state index in [4.69, 9.17) is 9.47 Å². The number of carbonyl (C=O) groups excluding carboxylic acids is 2. The topological polar surface area (TPSA) is 84.9 Å². The van der Waals surface area contributed by atoms with Crippen molar-refractivity contribution >= 4 is 27.7 Å². The SMILES string of the molecule is CCCCCOC(=O)C1=C(C)NC2=C(C(=O)CC(C)(C)C2)[C@@H]1c1cc(Br)c(O)c(OC)c1. The molecule has 0 saturated heterocycles. The van der Waals surface area contributed by atoms with Crippen LogP contribution in [0.5, 0.6) is 11.5 Å². The van der Waals surface area contributed by atoms with Crippen LogP contribution < -0.4 is 10.1 Å². The fraction of sp³-hybridized carbons (Fsp3) is 0.520. The van der Waals surface area contributed by atoms with E-state index in [2.05, 4.69) is 42.0 Å². The molecule has 2 N–H and O–H groups in total. The maximum atomic E-state index is 13.3. The summed E-state index contributed by atoms with van der Waals surface area (Å²) < 4.78 is 11.4. The predicted octanol–water partition coefficient (Wildman–Crippen LogP) is 5.50. The summed E-state index contributed by atoms with van der Waals surface area (Å²) in [5, 5.41) is 13.6. The number of Topliss-reactive ketones (excluding diaryl/α,β-unsaturated/α-hetero) is 1. The first-order chi connectivity index (χ1) is 15.1.